The maximum atomic E-state index is 3.74. The zero-order valence-corrected chi connectivity index (χ0v) is 12.2. The molecule has 1 saturated heterocycles. The second kappa shape index (κ2) is 5.26. The predicted octanol–water partition coefficient (Wildman–Crippen LogP) is 3.35. The summed E-state index contributed by atoms with van der Waals surface area (Å²) in [5.41, 5.74) is 1.72. The molecule has 1 N–H and O–H groups in total. The third-order valence-corrected chi connectivity index (χ3v) is 4.91. The first-order valence-corrected chi connectivity index (χ1v) is 7.72. The van der Waals surface area contributed by atoms with E-state index in [2.05, 4.69) is 54.4 Å². The van der Waals surface area contributed by atoms with Gasteiger partial charge >= 0.3 is 0 Å². The predicted molar refractivity (Wildman–Crippen MR) is 80.2 cm³/mol. The van der Waals surface area contributed by atoms with E-state index in [1.165, 1.54) is 31.2 Å². The van der Waals surface area contributed by atoms with Crippen LogP contribution in [-0.2, 0) is 0 Å². The lowest BCUT2D eigenvalue weighted by Gasteiger charge is -2.49. The van der Waals surface area contributed by atoms with Crippen molar-refractivity contribution in [2.75, 3.05) is 13.1 Å². The van der Waals surface area contributed by atoms with Crippen molar-refractivity contribution >= 4 is 0 Å². The summed E-state index contributed by atoms with van der Waals surface area (Å²) < 4.78 is 0. The van der Waals surface area contributed by atoms with Crippen LogP contribution >= 0.6 is 0 Å². The van der Waals surface area contributed by atoms with Crippen LogP contribution in [0.15, 0.2) is 30.3 Å². The van der Waals surface area contributed by atoms with E-state index in [9.17, 15) is 0 Å². The molecule has 1 unspecified atom stereocenters. The van der Waals surface area contributed by atoms with Gasteiger partial charge in [-0.15, -0.1) is 0 Å². The lowest BCUT2D eigenvalue weighted by Crippen LogP contribution is -2.61. The van der Waals surface area contributed by atoms with Crippen molar-refractivity contribution in [3.05, 3.63) is 35.9 Å². The topological polar surface area (TPSA) is 15.3 Å². The molecule has 0 spiro atoms. The summed E-state index contributed by atoms with van der Waals surface area (Å²) in [5, 5.41) is 3.74. The van der Waals surface area contributed by atoms with Crippen molar-refractivity contribution in [3.8, 4) is 0 Å². The fraction of sp³-hybridized carbons (Fsp3) is 0.647. The zero-order valence-electron chi connectivity index (χ0n) is 12.2. The van der Waals surface area contributed by atoms with Gasteiger partial charge in [0.05, 0.1) is 0 Å². The molecule has 1 aromatic rings. The van der Waals surface area contributed by atoms with E-state index in [4.69, 9.17) is 0 Å². The fourth-order valence-corrected chi connectivity index (χ4v) is 3.75. The van der Waals surface area contributed by atoms with Gasteiger partial charge in [-0.1, -0.05) is 43.2 Å². The van der Waals surface area contributed by atoms with E-state index in [1.807, 2.05) is 0 Å². The molecule has 2 aliphatic rings. The molecule has 2 heteroatoms. The molecule has 1 saturated carbocycles. The molecular weight excluding hydrogens is 232 g/mol. The Labute approximate surface area is 117 Å². The highest BCUT2D eigenvalue weighted by Crippen LogP contribution is 2.33. The van der Waals surface area contributed by atoms with Crippen LogP contribution in [-0.4, -0.2) is 29.6 Å². The average Bonchev–Trinajstić information content (AvgIpc) is 2.93. The lowest BCUT2D eigenvalue weighted by atomic mass is 9.92. The third kappa shape index (κ3) is 2.70. The van der Waals surface area contributed by atoms with Gasteiger partial charge in [0.1, 0.15) is 0 Å². The molecule has 104 valence electrons. The minimum Gasteiger partial charge on any atom is -0.307 e. The highest BCUT2D eigenvalue weighted by atomic mass is 15.3. The quantitative estimate of drug-likeness (QED) is 0.875. The van der Waals surface area contributed by atoms with Crippen LogP contribution in [0.2, 0.25) is 0 Å². The Morgan fingerprint density at radius 3 is 2.47 bits per heavy atom. The number of hydrogen-bond donors (Lipinski definition) is 1. The fourth-order valence-electron chi connectivity index (χ4n) is 3.75. The first-order valence-electron chi connectivity index (χ1n) is 7.72. The second-order valence-electron chi connectivity index (χ2n) is 6.75. The molecule has 0 radical (unpaired) electrons. The van der Waals surface area contributed by atoms with Crippen LogP contribution in [0.25, 0.3) is 0 Å². The summed E-state index contributed by atoms with van der Waals surface area (Å²) in [7, 11) is 0. The second-order valence-corrected chi connectivity index (χ2v) is 6.75. The molecule has 19 heavy (non-hydrogen) atoms. The van der Waals surface area contributed by atoms with Gasteiger partial charge < -0.3 is 5.32 Å². The van der Waals surface area contributed by atoms with Crippen LogP contribution in [0.1, 0.15) is 51.1 Å². The average molecular weight is 258 g/mol. The zero-order chi connectivity index (χ0) is 13.3. The summed E-state index contributed by atoms with van der Waals surface area (Å²) in [6, 6.07) is 12.2. The Kier molecular flexibility index (Phi) is 3.64. The number of hydrogen-bond acceptors (Lipinski definition) is 2. The number of nitrogens with one attached hydrogen (secondary N) is 1. The van der Waals surface area contributed by atoms with Gasteiger partial charge in [0.25, 0.3) is 0 Å². The minimum atomic E-state index is 0.292. The van der Waals surface area contributed by atoms with Crippen molar-refractivity contribution in [2.24, 2.45) is 0 Å². The van der Waals surface area contributed by atoms with E-state index in [-0.39, 0.29) is 0 Å². The Balaban J connectivity index is 1.77. The number of rotatable bonds is 2. The molecule has 0 bridgehead atoms. The van der Waals surface area contributed by atoms with Crippen LogP contribution < -0.4 is 5.32 Å². The maximum absolute atomic E-state index is 3.74. The molecule has 2 nitrogen and oxygen atoms in total. The molecule has 1 aliphatic carbocycles. The van der Waals surface area contributed by atoms with E-state index in [1.54, 1.807) is 0 Å². The van der Waals surface area contributed by atoms with Crippen molar-refractivity contribution in [3.63, 3.8) is 0 Å². The summed E-state index contributed by atoms with van der Waals surface area (Å²) in [6.45, 7) is 7.02. The molecule has 1 aromatic carbocycles. The molecular formula is C17H26N2. The normalized spacial score (nSPS) is 28.6. The summed E-state index contributed by atoms with van der Waals surface area (Å²) in [5.74, 6) is 0. The largest absolute Gasteiger partial charge is 0.307 e. The third-order valence-electron chi connectivity index (χ3n) is 4.91. The molecule has 1 heterocycles. The van der Waals surface area contributed by atoms with Gasteiger partial charge in [-0.25, -0.2) is 0 Å². The van der Waals surface area contributed by atoms with Crippen LogP contribution in [0.3, 0.4) is 0 Å². The Bertz CT molecular complexity index is 407. The minimum absolute atomic E-state index is 0.292. The van der Waals surface area contributed by atoms with Gasteiger partial charge in [-0.3, -0.25) is 4.90 Å². The van der Waals surface area contributed by atoms with Crippen molar-refractivity contribution < 1.29 is 0 Å². The van der Waals surface area contributed by atoms with Gasteiger partial charge in [0.2, 0.25) is 0 Å². The number of benzene rings is 1. The van der Waals surface area contributed by atoms with E-state index < -0.39 is 0 Å². The first kappa shape index (κ1) is 13.1. The van der Waals surface area contributed by atoms with Gasteiger partial charge in [0.15, 0.2) is 0 Å². The van der Waals surface area contributed by atoms with Gasteiger partial charge in [-0.05, 0) is 32.3 Å². The standard InChI is InChI=1S/C17H26N2/c1-17(2)13-18-16(14-8-4-3-5-9-14)12-19(17)15-10-6-7-11-15/h3-5,8-9,15-16,18H,6-7,10-13H2,1-2H3. The Morgan fingerprint density at radius 1 is 1.11 bits per heavy atom. The summed E-state index contributed by atoms with van der Waals surface area (Å²) in [6.07, 6.45) is 5.62. The van der Waals surface area contributed by atoms with E-state index >= 15 is 0 Å². The van der Waals surface area contributed by atoms with Crippen molar-refractivity contribution in [1.29, 1.82) is 0 Å². The first-order chi connectivity index (χ1) is 9.17. The van der Waals surface area contributed by atoms with E-state index in [0.29, 0.717) is 11.6 Å². The lowest BCUT2D eigenvalue weighted by molar-refractivity contribution is 0.0267. The number of piperazine rings is 1. The monoisotopic (exact) mass is 258 g/mol. The Hall–Kier alpha value is -0.860. The molecule has 2 fully saturated rings. The molecule has 1 aliphatic heterocycles. The van der Waals surface area contributed by atoms with Crippen LogP contribution in [0.5, 0.6) is 0 Å². The Morgan fingerprint density at radius 2 is 1.79 bits per heavy atom. The maximum Gasteiger partial charge on any atom is 0.0450 e. The van der Waals surface area contributed by atoms with Crippen LogP contribution in [0, 0.1) is 0 Å². The van der Waals surface area contributed by atoms with Crippen molar-refractivity contribution in [1.82, 2.24) is 10.2 Å². The summed E-state index contributed by atoms with van der Waals surface area (Å²) >= 11 is 0. The highest BCUT2D eigenvalue weighted by Gasteiger charge is 2.39. The van der Waals surface area contributed by atoms with Crippen LogP contribution in [0.4, 0.5) is 0 Å². The molecule has 1 atom stereocenters. The van der Waals surface area contributed by atoms with Gasteiger partial charge in [-0.2, -0.15) is 0 Å². The molecule has 3 rings (SSSR count). The van der Waals surface area contributed by atoms with Crippen molar-refractivity contribution in [2.45, 2.75) is 57.2 Å². The summed E-state index contributed by atoms with van der Waals surface area (Å²) in [4.78, 5) is 2.77. The molecule has 0 aromatic heterocycles. The van der Waals surface area contributed by atoms with Gasteiger partial charge in [0, 0.05) is 30.7 Å². The SMILES string of the molecule is CC1(C)CNC(c2ccccc2)CN1C1CCCC1. The number of nitrogens with zero attached hydrogens (tertiary/aromatic N) is 1. The van der Waals surface area contributed by atoms with E-state index in [0.717, 1.165) is 19.1 Å². The highest BCUT2D eigenvalue weighted by molar-refractivity contribution is 5.20. The molecule has 0 amide bonds. The smallest absolute Gasteiger partial charge is 0.0450 e.